The predicted molar refractivity (Wildman–Crippen MR) is 108 cm³/mol. The van der Waals surface area contributed by atoms with Gasteiger partial charge in [-0.25, -0.2) is 4.98 Å². The van der Waals surface area contributed by atoms with Gasteiger partial charge >= 0.3 is 0 Å². The lowest BCUT2D eigenvalue weighted by atomic mass is 9.95. The van der Waals surface area contributed by atoms with Crippen molar-refractivity contribution in [3.63, 3.8) is 0 Å². The second-order valence-corrected chi connectivity index (χ2v) is 8.11. The Morgan fingerprint density at radius 3 is 2.57 bits per heavy atom. The number of carbonyl (C=O) groups is 1. The van der Waals surface area contributed by atoms with E-state index in [2.05, 4.69) is 28.6 Å². The van der Waals surface area contributed by atoms with Crippen LogP contribution in [0.3, 0.4) is 0 Å². The number of hydrogen-bond donors (Lipinski definition) is 0. The Labute approximate surface area is 164 Å². The average Bonchev–Trinajstić information content (AvgIpc) is 2.68. The van der Waals surface area contributed by atoms with Gasteiger partial charge in [0.1, 0.15) is 17.0 Å². The number of fused-ring (bicyclic) bond motifs is 1. The highest BCUT2D eigenvalue weighted by Crippen LogP contribution is 2.25. The summed E-state index contributed by atoms with van der Waals surface area (Å²) in [6.45, 7) is 8.96. The number of pyridine rings is 1. The lowest BCUT2D eigenvalue weighted by Gasteiger charge is -2.39. The van der Waals surface area contributed by atoms with Crippen LogP contribution in [-0.2, 0) is 4.74 Å². The minimum absolute atomic E-state index is 0.151. The molecule has 0 bridgehead atoms. The van der Waals surface area contributed by atoms with Gasteiger partial charge in [0.25, 0.3) is 5.56 Å². The Kier molecular flexibility index (Phi) is 5.46. The van der Waals surface area contributed by atoms with E-state index in [0.717, 1.165) is 45.6 Å². The fourth-order valence-corrected chi connectivity index (χ4v) is 4.56. The van der Waals surface area contributed by atoms with Crippen molar-refractivity contribution in [1.82, 2.24) is 14.3 Å². The number of hydrogen-bond acceptors (Lipinski definition) is 6. The van der Waals surface area contributed by atoms with E-state index in [-0.39, 0.29) is 23.3 Å². The highest BCUT2D eigenvalue weighted by molar-refractivity contribution is 5.83. The predicted octanol–water partition coefficient (Wildman–Crippen LogP) is 1.83. The van der Waals surface area contributed by atoms with Crippen molar-refractivity contribution >= 4 is 17.8 Å². The van der Waals surface area contributed by atoms with Crippen LogP contribution in [0.5, 0.6) is 0 Å². The van der Waals surface area contributed by atoms with Gasteiger partial charge in [0.2, 0.25) is 0 Å². The second-order valence-electron chi connectivity index (χ2n) is 8.11. The summed E-state index contributed by atoms with van der Waals surface area (Å²) in [4.78, 5) is 33.5. The number of carbonyl (C=O) groups excluding carboxylic acids is 1. The number of ether oxygens (including phenoxy) is 1. The quantitative estimate of drug-likeness (QED) is 0.750. The molecule has 2 atom stereocenters. The third-order valence-electron chi connectivity index (χ3n) is 5.79. The first-order valence-corrected chi connectivity index (χ1v) is 10.1. The van der Waals surface area contributed by atoms with Crippen molar-refractivity contribution in [1.29, 1.82) is 0 Å². The highest BCUT2D eigenvalue weighted by Gasteiger charge is 2.28. The molecule has 2 aromatic rings. The van der Waals surface area contributed by atoms with Crippen LogP contribution in [0.15, 0.2) is 29.2 Å². The number of aldehydes is 1. The third-order valence-corrected chi connectivity index (χ3v) is 5.79. The molecular weight excluding hydrogens is 356 g/mol. The van der Waals surface area contributed by atoms with E-state index in [4.69, 9.17) is 4.74 Å². The molecule has 7 nitrogen and oxygen atoms in total. The van der Waals surface area contributed by atoms with Crippen molar-refractivity contribution in [3.8, 4) is 0 Å². The Morgan fingerprint density at radius 1 is 1.18 bits per heavy atom. The molecule has 7 heteroatoms. The Balaban J connectivity index is 1.46. The molecule has 2 fully saturated rings. The first-order valence-electron chi connectivity index (χ1n) is 10.1. The summed E-state index contributed by atoms with van der Waals surface area (Å²) >= 11 is 0. The Hall–Kier alpha value is -2.25. The van der Waals surface area contributed by atoms with Gasteiger partial charge in [0.05, 0.1) is 12.2 Å². The molecule has 0 aliphatic carbocycles. The van der Waals surface area contributed by atoms with Crippen LogP contribution >= 0.6 is 0 Å². The smallest absolute Gasteiger partial charge is 0.270 e. The van der Waals surface area contributed by atoms with Gasteiger partial charge in [0, 0.05) is 38.9 Å². The molecule has 0 saturated carbocycles. The largest absolute Gasteiger partial charge is 0.373 e. The van der Waals surface area contributed by atoms with Gasteiger partial charge in [-0.3, -0.25) is 18.9 Å². The standard InChI is InChI=1S/C21H28N4O3/c1-15-11-23(12-16(2)28-15)13-17-6-9-24(10-7-17)20-18(14-26)21(27)25-8-4-3-5-19(25)22-20/h3-5,8,14-17H,6-7,9-13H2,1-2H3. The minimum atomic E-state index is -0.297. The SMILES string of the molecule is CC1CN(CC2CCN(c3nc4ccccn4c(=O)c3C=O)CC2)CC(C)O1. The molecule has 4 rings (SSSR count). The zero-order chi connectivity index (χ0) is 19.7. The van der Waals surface area contributed by atoms with Crippen LogP contribution in [0.25, 0.3) is 5.65 Å². The number of piperidine rings is 1. The van der Waals surface area contributed by atoms with E-state index in [0.29, 0.717) is 23.7 Å². The molecule has 0 spiro atoms. The monoisotopic (exact) mass is 384 g/mol. The first kappa shape index (κ1) is 19.1. The molecule has 150 valence electrons. The van der Waals surface area contributed by atoms with Crippen LogP contribution in [0.2, 0.25) is 0 Å². The summed E-state index contributed by atoms with van der Waals surface area (Å²) in [7, 11) is 0. The molecule has 2 aromatic heterocycles. The van der Waals surface area contributed by atoms with Crippen molar-refractivity contribution in [2.45, 2.75) is 38.9 Å². The van der Waals surface area contributed by atoms with E-state index in [9.17, 15) is 9.59 Å². The van der Waals surface area contributed by atoms with E-state index in [1.807, 2.05) is 6.07 Å². The Morgan fingerprint density at radius 2 is 1.89 bits per heavy atom. The summed E-state index contributed by atoms with van der Waals surface area (Å²) in [5.41, 5.74) is 0.429. The summed E-state index contributed by atoms with van der Waals surface area (Å²) < 4.78 is 7.26. The molecular formula is C21H28N4O3. The zero-order valence-electron chi connectivity index (χ0n) is 16.6. The normalized spacial score (nSPS) is 24.6. The maximum absolute atomic E-state index is 12.7. The molecule has 2 aliphatic rings. The summed E-state index contributed by atoms with van der Waals surface area (Å²) in [6, 6.07) is 5.42. The molecule has 4 heterocycles. The average molecular weight is 384 g/mol. The van der Waals surface area contributed by atoms with Crippen LogP contribution in [-0.4, -0.2) is 65.5 Å². The topological polar surface area (TPSA) is 67.2 Å². The van der Waals surface area contributed by atoms with Crippen molar-refractivity contribution in [2.24, 2.45) is 5.92 Å². The molecule has 2 aliphatic heterocycles. The molecule has 2 saturated heterocycles. The zero-order valence-corrected chi connectivity index (χ0v) is 16.6. The van der Waals surface area contributed by atoms with E-state index >= 15 is 0 Å². The molecule has 0 N–H and O–H groups in total. The van der Waals surface area contributed by atoms with E-state index in [1.54, 1.807) is 18.3 Å². The van der Waals surface area contributed by atoms with Gasteiger partial charge in [-0.05, 0) is 44.7 Å². The minimum Gasteiger partial charge on any atom is -0.373 e. The molecule has 28 heavy (non-hydrogen) atoms. The maximum atomic E-state index is 12.7. The summed E-state index contributed by atoms with van der Waals surface area (Å²) in [5, 5.41) is 0. The second kappa shape index (κ2) is 8.01. The molecule has 0 radical (unpaired) electrons. The highest BCUT2D eigenvalue weighted by atomic mass is 16.5. The third kappa shape index (κ3) is 3.82. The summed E-state index contributed by atoms with van der Waals surface area (Å²) in [5.74, 6) is 1.15. The van der Waals surface area contributed by atoms with Crippen molar-refractivity contribution in [3.05, 3.63) is 40.3 Å². The Bertz CT molecular complexity index is 894. The van der Waals surface area contributed by atoms with Crippen LogP contribution in [0.4, 0.5) is 5.82 Å². The van der Waals surface area contributed by atoms with Gasteiger partial charge < -0.3 is 9.64 Å². The van der Waals surface area contributed by atoms with Gasteiger partial charge in [-0.2, -0.15) is 0 Å². The maximum Gasteiger partial charge on any atom is 0.270 e. The van der Waals surface area contributed by atoms with Gasteiger partial charge in [-0.1, -0.05) is 6.07 Å². The molecule has 0 aromatic carbocycles. The van der Waals surface area contributed by atoms with Crippen molar-refractivity contribution in [2.75, 3.05) is 37.6 Å². The fraction of sp³-hybridized carbons (Fsp3) is 0.571. The molecule has 2 unspecified atom stereocenters. The van der Waals surface area contributed by atoms with Crippen LogP contribution in [0.1, 0.15) is 37.0 Å². The van der Waals surface area contributed by atoms with Gasteiger partial charge in [-0.15, -0.1) is 0 Å². The van der Waals surface area contributed by atoms with Crippen LogP contribution < -0.4 is 10.5 Å². The lowest BCUT2D eigenvalue weighted by molar-refractivity contribution is -0.0720. The van der Waals surface area contributed by atoms with Crippen molar-refractivity contribution < 1.29 is 9.53 Å². The lowest BCUT2D eigenvalue weighted by Crippen LogP contribution is -2.48. The first-order chi connectivity index (χ1) is 13.5. The fourth-order valence-electron chi connectivity index (χ4n) is 4.56. The number of nitrogens with zero attached hydrogens (tertiary/aromatic N) is 4. The van der Waals surface area contributed by atoms with E-state index in [1.165, 1.54) is 4.40 Å². The number of morpholine rings is 1. The van der Waals surface area contributed by atoms with Crippen LogP contribution in [0, 0.1) is 5.92 Å². The summed E-state index contributed by atoms with van der Waals surface area (Å²) in [6.07, 6.45) is 4.94. The number of aromatic nitrogens is 2. The molecule has 0 amide bonds. The number of rotatable bonds is 4. The number of anilines is 1. The van der Waals surface area contributed by atoms with Gasteiger partial charge in [0.15, 0.2) is 6.29 Å². The van der Waals surface area contributed by atoms with E-state index < -0.39 is 0 Å².